The molecular weight excluding hydrogens is 362 g/mol. The van der Waals surface area contributed by atoms with Gasteiger partial charge < -0.3 is 4.90 Å². The lowest BCUT2D eigenvalue weighted by molar-refractivity contribution is 0.414. The van der Waals surface area contributed by atoms with Crippen LogP contribution in [0.3, 0.4) is 0 Å². The Morgan fingerprint density at radius 2 is 1.67 bits per heavy atom. The number of likely N-dealkylation sites (N-methyl/N-ethyl adjacent to an activating group) is 1. The van der Waals surface area contributed by atoms with Crippen molar-refractivity contribution in [2.45, 2.75) is 38.5 Å². The van der Waals surface area contributed by atoms with Crippen LogP contribution in [0.15, 0.2) is 72.3 Å². The zero-order valence-corrected chi connectivity index (χ0v) is 18.2. The molecule has 0 N–H and O–H groups in total. The number of allylic oxidation sites excluding steroid dienone is 4. The van der Waals surface area contributed by atoms with Gasteiger partial charge in [0.2, 0.25) is 0 Å². The van der Waals surface area contributed by atoms with E-state index in [2.05, 4.69) is 85.7 Å². The number of fused-ring (bicyclic) bond motifs is 4. The van der Waals surface area contributed by atoms with Crippen molar-refractivity contribution in [3.63, 3.8) is 0 Å². The molecule has 0 unspecified atom stereocenters. The minimum absolute atomic E-state index is 0.998. The highest BCUT2D eigenvalue weighted by Gasteiger charge is 2.22. The van der Waals surface area contributed by atoms with Crippen LogP contribution in [-0.4, -0.2) is 25.5 Å². The largest absolute Gasteiger partial charge is 0.309 e. The van der Waals surface area contributed by atoms with Gasteiger partial charge in [-0.3, -0.25) is 0 Å². The van der Waals surface area contributed by atoms with E-state index in [0.717, 1.165) is 19.4 Å². The molecule has 0 saturated heterocycles. The van der Waals surface area contributed by atoms with E-state index in [1.807, 2.05) is 0 Å². The molecule has 0 saturated carbocycles. The first-order chi connectivity index (χ1) is 14.7. The first-order valence-electron chi connectivity index (χ1n) is 11.3. The van der Waals surface area contributed by atoms with E-state index in [1.54, 1.807) is 11.1 Å². The van der Waals surface area contributed by atoms with Crippen molar-refractivity contribution in [2.24, 2.45) is 0 Å². The molecule has 5 rings (SSSR count). The van der Waals surface area contributed by atoms with Gasteiger partial charge in [-0.15, -0.1) is 0 Å². The predicted molar refractivity (Wildman–Crippen MR) is 129 cm³/mol. The van der Waals surface area contributed by atoms with Gasteiger partial charge in [0.1, 0.15) is 0 Å². The molecule has 2 aliphatic rings. The fourth-order valence-corrected chi connectivity index (χ4v) is 5.22. The molecule has 1 nitrogen and oxygen atoms in total. The van der Waals surface area contributed by atoms with Crippen LogP contribution in [0.2, 0.25) is 0 Å². The van der Waals surface area contributed by atoms with E-state index < -0.39 is 0 Å². The highest BCUT2D eigenvalue weighted by Crippen LogP contribution is 2.41. The number of aryl methyl sites for hydroxylation is 1. The highest BCUT2D eigenvalue weighted by atomic mass is 15.0. The summed E-state index contributed by atoms with van der Waals surface area (Å²) >= 11 is 0. The zero-order valence-electron chi connectivity index (χ0n) is 18.2. The summed E-state index contributed by atoms with van der Waals surface area (Å²) in [5.74, 6) is 0. The average Bonchev–Trinajstić information content (AvgIpc) is 2.78. The van der Waals surface area contributed by atoms with Gasteiger partial charge in [-0.05, 0) is 96.8 Å². The van der Waals surface area contributed by atoms with Crippen LogP contribution >= 0.6 is 0 Å². The van der Waals surface area contributed by atoms with Crippen LogP contribution in [0.4, 0.5) is 0 Å². The Kier molecular flexibility index (Phi) is 5.31. The standard InChI is InChI=1S/C29H31N/c1-30(2)19-18-23-12-13-24(20-21-8-4-3-5-9-21)26-16-17-27-25-11-7-6-10-22(25)14-15-28(27)29(23)26/h3-5,7-9,11-13,16-17H,6,10,14-15,18-20H2,1-2H3. The van der Waals surface area contributed by atoms with Crippen molar-refractivity contribution < 1.29 is 0 Å². The van der Waals surface area contributed by atoms with Gasteiger partial charge in [0.15, 0.2) is 0 Å². The number of hydrogen-bond donors (Lipinski definition) is 0. The van der Waals surface area contributed by atoms with E-state index in [4.69, 9.17) is 0 Å². The summed E-state index contributed by atoms with van der Waals surface area (Å²) in [6.45, 7) is 1.09. The molecule has 0 fully saturated rings. The van der Waals surface area contributed by atoms with E-state index in [0.29, 0.717) is 0 Å². The van der Waals surface area contributed by atoms with Crippen molar-refractivity contribution >= 4 is 16.3 Å². The van der Waals surface area contributed by atoms with Crippen molar-refractivity contribution in [3.8, 4) is 0 Å². The second-order valence-corrected chi connectivity index (χ2v) is 9.07. The molecule has 2 aliphatic carbocycles. The lowest BCUT2D eigenvalue weighted by atomic mass is 9.78. The smallest absolute Gasteiger partial charge is 0.00159 e. The first-order valence-corrected chi connectivity index (χ1v) is 11.3. The molecular formula is C29H31N. The Labute approximate surface area is 180 Å². The lowest BCUT2D eigenvalue weighted by Gasteiger charge is -2.27. The normalized spacial score (nSPS) is 15.6. The van der Waals surface area contributed by atoms with Gasteiger partial charge >= 0.3 is 0 Å². The summed E-state index contributed by atoms with van der Waals surface area (Å²) in [5.41, 5.74) is 10.6. The minimum Gasteiger partial charge on any atom is -0.309 e. The molecule has 152 valence electrons. The fourth-order valence-electron chi connectivity index (χ4n) is 5.22. The SMILES string of the molecule is CN(C)CCc1ccc(Cc2ccccc2)c2ccc3c(c12)CCC1=C3C=CCC1. The summed E-state index contributed by atoms with van der Waals surface area (Å²) < 4.78 is 0. The highest BCUT2D eigenvalue weighted by molar-refractivity contribution is 5.97. The van der Waals surface area contributed by atoms with Crippen molar-refractivity contribution in [1.29, 1.82) is 0 Å². The van der Waals surface area contributed by atoms with Crippen LogP contribution in [0.25, 0.3) is 16.3 Å². The first kappa shape index (κ1) is 19.3. The fraction of sp³-hybridized carbons (Fsp3) is 0.310. The quantitative estimate of drug-likeness (QED) is 0.473. The van der Waals surface area contributed by atoms with Crippen molar-refractivity contribution in [2.75, 3.05) is 20.6 Å². The Hall–Kier alpha value is -2.64. The third-order valence-corrected chi connectivity index (χ3v) is 6.78. The Bertz CT molecular complexity index is 1130. The molecule has 1 heteroatoms. The monoisotopic (exact) mass is 393 g/mol. The number of nitrogens with zero attached hydrogens (tertiary/aromatic N) is 1. The zero-order chi connectivity index (χ0) is 20.5. The number of benzene rings is 3. The third-order valence-electron chi connectivity index (χ3n) is 6.78. The molecule has 0 atom stereocenters. The second kappa shape index (κ2) is 8.24. The van der Waals surface area contributed by atoms with Crippen LogP contribution in [0, 0.1) is 0 Å². The Balaban J connectivity index is 1.67. The summed E-state index contributed by atoms with van der Waals surface area (Å²) in [6, 6.07) is 20.5. The van der Waals surface area contributed by atoms with E-state index in [1.165, 1.54) is 64.3 Å². The number of hydrogen-bond acceptors (Lipinski definition) is 1. The molecule has 0 aliphatic heterocycles. The Morgan fingerprint density at radius 1 is 0.833 bits per heavy atom. The summed E-state index contributed by atoms with van der Waals surface area (Å²) in [6.07, 6.45) is 11.7. The predicted octanol–water partition coefficient (Wildman–Crippen LogP) is 6.58. The third kappa shape index (κ3) is 3.63. The summed E-state index contributed by atoms with van der Waals surface area (Å²) in [5, 5.41) is 2.99. The van der Waals surface area contributed by atoms with Crippen LogP contribution in [0.1, 0.15) is 47.1 Å². The maximum Gasteiger partial charge on any atom is 0.00159 e. The van der Waals surface area contributed by atoms with E-state index in [-0.39, 0.29) is 0 Å². The average molecular weight is 394 g/mol. The van der Waals surface area contributed by atoms with Gasteiger partial charge in [0, 0.05) is 6.54 Å². The molecule has 0 aromatic heterocycles. The van der Waals surface area contributed by atoms with Gasteiger partial charge in [0.25, 0.3) is 0 Å². The topological polar surface area (TPSA) is 3.24 Å². The van der Waals surface area contributed by atoms with Crippen molar-refractivity contribution in [1.82, 2.24) is 4.90 Å². The molecule has 30 heavy (non-hydrogen) atoms. The molecule has 0 radical (unpaired) electrons. The van der Waals surface area contributed by atoms with Crippen LogP contribution < -0.4 is 0 Å². The van der Waals surface area contributed by atoms with E-state index in [9.17, 15) is 0 Å². The van der Waals surface area contributed by atoms with Gasteiger partial charge in [-0.25, -0.2) is 0 Å². The second-order valence-electron chi connectivity index (χ2n) is 9.07. The molecule has 0 heterocycles. The van der Waals surface area contributed by atoms with Gasteiger partial charge in [0.05, 0.1) is 0 Å². The van der Waals surface area contributed by atoms with Gasteiger partial charge in [-0.1, -0.05) is 72.3 Å². The molecule has 3 aromatic carbocycles. The summed E-state index contributed by atoms with van der Waals surface area (Å²) in [7, 11) is 4.34. The molecule has 0 spiro atoms. The number of rotatable bonds is 5. The van der Waals surface area contributed by atoms with Crippen LogP contribution in [0.5, 0.6) is 0 Å². The van der Waals surface area contributed by atoms with E-state index >= 15 is 0 Å². The maximum absolute atomic E-state index is 2.41. The molecule has 3 aromatic rings. The Morgan fingerprint density at radius 3 is 2.50 bits per heavy atom. The maximum atomic E-state index is 2.41. The van der Waals surface area contributed by atoms with Gasteiger partial charge in [-0.2, -0.15) is 0 Å². The molecule has 0 bridgehead atoms. The summed E-state index contributed by atoms with van der Waals surface area (Å²) in [4.78, 5) is 2.30. The van der Waals surface area contributed by atoms with Crippen LogP contribution in [-0.2, 0) is 19.3 Å². The molecule has 0 amide bonds. The lowest BCUT2D eigenvalue weighted by Crippen LogP contribution is -2.16. The van der Waals surface area contributed by atoms with Crippen molar-refractivity contribution in [3.05, 3.63) is 100 Å². The minimum atomic E-state index is 0.998.